The van der Waals surface area contributed by atoms with Crippen molar-refractivity contribution in [1.82, 2.24) is 9.97 Å². The number of nitrogens with zero attached hydrogens (tertiary/aromatic N) is 1. The van der Waals surface area contributed by atoms with Crippen LogP contribution < -0.4 is 5.56 Å². The molecule has 6 nitrogen and oxygen atoms in total. The number of carbonyl (C=O) groups excluding carboxylic acids is 1. The number of ether oxygens (including phenoxy) is 1. The summed E-state index contributed by atoms with van der Waals surface area (Å²) in [7, 11) is 0. The summed E-state index contributed by atoms with van der Waals surface area (Å²) in [4.78, 5) is 34.5. The second-order valence-corrected chi connectivity index (χ2v) is 8.44. The number of aromatic amines is 1. The average Bonchev–Trinajstić information content (AvgIpc) is 3.13. The van der Waals surface area contributed by atoms with Gasteiger partial charge >= 0.3 is 5.97 Å². The summed E-state index contributed by atoms with van der Waals surface area (Å²) in [5, 5.41) is 0.700. The lowest BCUT2D eigenvalue weighted by atomic mass is 9.89. The number of fused-ring (bicyclic) bond motifs is 3. The van der Waals surface area contributed by atoms with Crippen molar-refractivity contribution in [3.8, 4) is 0 Å². The summed E-state index contributed by atoms with van der Waals surface area (Å²) < 4.78 is 10.9. The van der Waals surface area contributed by atoms with E-state index < -0.39 is 12.1 Å². The van der Waals surface area contributed by atoms with Crippen molar-refractivity contribution in [2.45, 2.75) is 53.1 Å². The number of furan rings is 1. The maximum Gasteiger partial charge on any atom is 0.342 e. The number of thiophene rings is 1. The van der Waals surface area contributed by atoms with Crippen LogP contribution in [-0.4, -0.2) is 15.9 Å². The van der Waals surface area contributed by atoms with E-state index >= 15 is 0 Å². The first kappa shape index (κ1) is 18.0. The normalized spacial score (nSPS) is 17.7. The number of esters is 1. The fraction of sp³-hybridized carbons (Fsp3) is 0.450. The van der Waals surface area contributed by atoms with Crippen LogP contribution in [0.15, 0.2) is 15.3 Å². The molecule has 7 heteroatoms. The zero-order valence-electron chi connectivity index (χ0n) is 15.8. The Morgan fingerprint density at radius 2 is 2.22 bits per heavy atom. The fourth-order valence-corrected chi connectivity index (χ4v) is 5.06. The lowest BCUT2D eigenvalue weighted by molar-refractivity contribution is 0.0318. The van der Waals surface area contributed by atoms with Gasteiger partial charge in [0, 0.05) is 4.88 Å². The molecule has 3 aromatic heterocycles. The Morgan fingerprint density at radius 3 is 2.93 bits per heavy atom. The van der Waals surface area contributed by atoms with E-state index in [1.165, 1.54) is 4.88 Å². The van der Waals surface area contributed by atoms with Gasteiger partial charge in [-0.3, -0.25) is 4.79 Å². The molecule has 0 aromatic carbocycles. The van der Waals surface area contributed by atoms with Gasteiger partial charge in [-0.2, -0.15) is 0 Å². The second-order valence-electron chi connectivity index (χ2n) is 7.36. The Morgan fingerprint density at radius 1 is 1.44 bits per heavy atom. The van der Waals surface area contributed by atoms with Crippen LogP contribution in [0.2, 0.25) is 0 Å². The highest BCUT2D eigenvalue weighted by Gasteiger charge is 2.25. The topological polar surface area (TPSA) is 85.2 Å². The third-order valence-corrected chi connectivity index (χ3v) is 6.26. The summed E-state index contributed by atoms with van der Waals surface area (Å²) in [6.07, 6.45) is 2.35. The molecular formula is C20H22N2O4S. The van der Waals surface area contributed by atoms with Gasteiger partial charge in [-0.15, -0.1) is 11.3 Å². The second kappa shape index (κ2) is 6.64. The van der Waals surface area contributed by atoms with E-state index in [1.54, 1.807) is 38.2 Å². The molecule has 3 aromatic rings. The molecule has 0 aliphatic heterocycles. The van der Waals surface area contributed by atoms with Crippen LogP contribution in [0.25, 0.3) is 10.2 Å². The van der Waals surface area contributed by atoms with Crippen LogP contribution in [-0.2, 0) is 17.6 Å². The highest BCUT2D eigenvalue weighted by Crippen LogP contribution is 2.36. The van der Waals surface area contributed by atoms with Gasteiger partial charge in [-0.05, 0) is 57.6 Å². The Balaban J connectivity index is 1.64. The Kier molecular flexibility index (Phi) is 4.42. The van der Waals surface area contributed by atoms with Gasteiger partial charge in [0.05, 0.1) is 5.39 Å². The van der Waals surface area contributed by atoms with Gasteiger partial charge in [0.15, 0.2) is 11.9 Å². The highest BCUT2D eigenvalue weighted by atomic mass is 32.1. The monoisotopic (exact) mass is 386 g/mol. The molecule has 27 heavy (non-hydrogen) atoms. The number of carbonyl (C=O) groups is 1. The highest BCUT2D eigenvalue weighted by molar-refractivity contribution is 7.18. The first-order valence-corrected chi connectivity index (χ1v) is 9.97. The quantitative estimate of drug-likeness (QED) is 0.681. The van der Waals surface area contributed by atoms with E-state index in [0.29, 0.717) is 34.2 Å². The van der Waals surface area contributed by atoms with Gasteiger partial charge in [-0.1, -0.05) is 6.92 Å². The minimum Gasteiger partial charge on any atom is -0.466 e. The molecule has 0 bridgehead atoms. The van der Waals surface area contributed by atoms with E-state index in [-0.39, 0.29) is 5.56 Å². The molecule has 3 heterocycles. The Hall–Kier alpha value is -2.41. The van der Waals surface area contributed by atoms with Crippen molar-refractivity contribution in [3.63, 3.8) is 0 Å². The molecule has 142 valence electrons. The molecule has 1 aliphatic carbocycles. The number of rotatable bonds is 3. The lowest BCUT2D eigenvalue weighted by Crippen LogP contribution is -2.18. The number of H-pyrrole nitrogens is 1. The average molecular weight is 386 g/mol. The van der Waals surface area contributed by atoms with Crippen LogP contribution in [0.5, 0.6) is 0 Å². The molecule has 0 unspecified atom stereocenters. The number of aromatic nitrogens is 2. The zero-order valence-corrected chi connectivity index (χ0v) is 16.7. The van der Waals surface area contributed by atoms with Crippen molar-refractivity contribution in [2.24, 2.45) is 5.92 Å². The SMILES string of the molecule is Cc1cc(C(=O)O[C@@H](C)c2nc3sc4c(c3c(=O)[nH]2)CC[C@@H](C)C4)c(C)o1. The van der Waals surface area contributed by atoms with Crippen molar-refractivity contribution >= 4 is 27.5 Å². The molecule has 0 saturated carbocycles. The molecule has 0 spiro atoms. The van der Waals surface area contributed by atoms with Gasteiger partial charge in [0.2, 0.25) is 0 Å². The molecule has 1 aliphatic rings. The van der Waals surface area contributed by atoms with Crippen molar-refractivity contribution in [3.05, 3.63) is 49.8 Å². The van der Waals surface area contributed by atoms with E-state index in [4.69, 9.17) is 9.15 Å². The zero-order chi connectivity index (χ0) is 19.3. The molecule has 4 rings (SSSR count). The number of nitrogens with one attached hydrogen (secondary N) is 1. The van der Waals surface area contributed by atoms with Crippen LogP contribution in [0.1, 0.15) is 64.5 Å². The predicted octanol–water partition coefficient (Wildman–Crippen LogP) is 4.24. The molecule has 0 saturated heterocycles. The van der Waals surface area contributed by atoms with E-state index in [2.05, 4.69) is 16.9 Å². The van der Waals surface area contributed by atoms with Gasteiger partial charge < -0.3 is 14.1 Å². The predicted molar refractivity (Wildman–Crippen MR) is 103 cm³/mol. The minimum atomic E-state index is -0.665. The maximum absolute atomic E-state index is 12.7. The molecule has 0 radical (unpaired) electrons. The van der Waals surface area contributed by atoms with Gasteiger partial charge in [0.1, 0.15) is 21.9 Å². The third kappa shape index (κ3) is 3.20. The molecule has 1 N–H and O–H groups in total. The van der Waals surface area contributed by atoms with E-state index in [9.17, 15) is 9.59 Å². The van der Waals surface area contributed by atoms with E-state index in [0.717, 1.165) is 29.7 Å². The fourth-order valence-electron chi connectivity index (χ4n) is 3.67. The van der Waals surface area contributed by atoms with Crippen LogP contribution >= 0.6 is 11.3 Å². The van der Waals surface area contributed by atoms with Crippen LogP contribution in [0, 0.1) is 19.8 Å². The standard InChI is InChI=1S/C20H22N2O4S/c1-9-5-6-13-15(7-9)27-19-16(13)18(23)21-17(22-19)12(4)26-20(24)14-8-10(2)25-11(14)3/h8-9,12H,5-7H2,1-4H3,(H,21,22,23)/t9-,12+/m1/s1. The number of hydrogen-bond donors (Lipinski definition) is 1. The van der Waals surface area contributed by atoms with Crippen molar-refractivity contribution in [2.75, 3.05) is 0 Å². The third-order valence-electron chi connectivity index (χ3n) is 5.11. The van der Waals surface area contributed by atoms with Crippen molar-refractivity contribution in [1.29, 1.82) is 0 Å². The first-order chi connectivity index (χ1) is 12.8. The summed E-state index contributed by atoms with van der Waals surface area (Å²) >= 11 is 1.58. The lowest BCUT2D eigenvalue weighted by Gasteiger charge is -2.17. The van der Waals surface area contributed by atoms with Crippen LogP contribution in [0.3, 0.4) is 0 Å². The van der Waals surface area contributed by atoms with Gasteiger partial charge in [-0.25, -0.2) is 9.78 Å². The van der Waals surface area contributed by atoms with Crippen molar-refractivity contribution < 1.29 is 13.9 Å². The van der Waals surface area contributed by atoms with E-state index in [1.807, 2.05) is 0 Å². The molecular weight excluding hydrogens is 364 g/mol. The molecule has 0 fully saturated rings. The molecule has 2 atom stereocenters. The smallest absolute Gasteiger partial charge is 0.342 e. The summed E-state index contributed by atoms with van der Waals surface area (Å²) in [5.41, 5.74) is 1.38. The van der Waals surface area contributed by atoms with Crippen LogP contribution in [0.4, 0.5) is 0 Å². The van der Waals surface area contributed by atoms with Gasteiger partial charge in [0.25, 0.3) is 5.56 Å². The minimum absolute atomic E-state index is 0.153. The largest absolute Gasteiger partial charge is 0.466 e. The Bertz CT molecular complexity index is 1090. The summed E-state index contributed by atoms with van der Waals surface area (Å²) in [6, 6.07) is 1.65. The number of aryl methyl sites for hydroxylation is 3. The summed E-state index contributed by atoms with van der Waals surface area (Å²) in [6.45, 7) is 7.44. The molecule has 0 amide bonds. The Labute approximate surface area is 160 Å². The first-order valence-electron chi connectivity index (χ1n) is 9.16. The maximum atomic E-state index is 12.7. The summed E-state index contributed by atoms with van der Waals surface area (Å²) in [5.74, 6) is 1.68. The number of hydrogen-bond acceptors (Lipinski definition) is 6.